The van der Waals surface area contributed by atoms with Crippen LogP contribution in [0.4, 0.5) is 0 Å². The molecule has 0 saturated carbocycles. The van der Waals surface area contributed by atoms with E-state index >= 15 is 0 Å². The number of aromatic nitrogens is 2. The smallest absolute Gasteiger partial charge is 0.127 e. The van der Waals surface area contributed by atoms with Gasteiger partial charge in [-0.3, -0.25) is 4.90 Å². The predicted molar refractivity (Wildman–Crippen MR) is 83.0 cm³/mol. The minimum absolute atomic E-state index is 0.174. The molecule has 0 bridgehead atoms. The third-order valence-electron chi connectivity index (χ3n) is 3.94. The largest absolute Gasteiger partial charge is 0.508 e. The standard InChI is InChI=1S/C16H22N4O/c1-4-19(5-2)12(3)16-18-14-11-13(21)7-8-15(14)20(16)10-6-9-17/h7-8,11-12,21H,4-6,10H2,1-3H3. The quantitative estimate of drug-likeness (QED) is 0.886. The summed E-state index contributed by atoms with van der Waals surface area (Å²) in [5, 5.41) is 18.5. The van der Waals surface area contributed by atoms with Crippen molar-refractivity contribution in [2.24, 2.45) is 0 Å². The monoisotopic (exact) mass is 286 g/mol. The number of nitrogens with zero attached hydrogens (tertiary/aromatic N) is 4. The van der Waals surface area contributed by atoms with Crippen LogP contribution in [0.25, 0.3) is 11.0 Å². The van der Waals surface area contributed by atoms with E-state index in [2.05, 4.69) is 36.3 Å². The summed E-state index contributed by atoms with van der Waals surface area (Å²) in [6.45, 7) is 8.92. The molecular formula is C16H22N4O. The summed E-state index contributed by atoms with van der Waals surface area (Å²) in [6.07, 6.45) is 0.449. The van der Waals surface area contributed by atoms with Crippen LogP contribution < -0.4 is 0 Å². The van der Waals surface area contributed by atoms with Crippen molar-refractivity contribution in [3.8, 4) is 11.8 Å². The molecule has 2 aromatic rings. The van der Waals surface area contributed by atoms with Crippen molar-refractivity contribution in [3.05, 3.63) is 24.0 Å². The Balaban J connectivity index is 2.52. The van der Waals surface area contributed by atoms with Crippen LogP contribution >= 0.6 is 0 Å². The maximum absolute atomic E-state index is 9.63. The number of aryl methyl sites for hydroxylation is 1. The number of fused-ring (bicyclic) bond motifs is 1. The molecule has 0 saturated heterocycles. The molecule has 0 spiro atoms. The Bertz CT molecular complexity index is 652. The topological polar surface area (TPSA) is 65.1 Å². The highest BCUT2D eigenvalue weighted by atomic mass is 16.3. The lowest BCUT2D eigenvalue weighted by Crippen LogP contribution is -2.28. The summed E-state index contributed by atoms with van der Waals surface area (Å²) in [7, 11) is 0. The molecular weight excluding hydrogens is 264 g/mol. The molecule has 5 heteroatoms. The summed E-state index contributed by atoms with van der Waals surface area (Å²) in [6, 6.07) is 7.58. The van der Waals surface area contributed by atoms with Gasteiger partial charge in [0.2, 0.25) is 0 Å². The number of nitriles is 1. The highest BCUT2D eigenvalue weighted by Crippen LogP contribution is 2.27. The van der Waals surface area contributed by atoms with Crippen LogP contribution in [0.1, 0.15) is 39.1 Å². The summed E-state index contributed by atoms with van der Waals surface area (Å²) in [4.78, 5) is 7.02. The zero-order valence-corrected chi connectivity index (χ0v) is 12.9. The van der Waals surface area contributed by atoms with Gasteiger partial charge in [-0.05, 0) is 32.1 Å². The highest BCUT2D eigenvalue weighted by molar-refractivity contribution is 5.77. The molecule has 1 N–H and O–H groups in total. The average Bonchev–Trinajstić information content (AvgIpc) is 2.83. The Morgan fingerprint density at radius 2 is 2.10 bits per heavy atom. The van der Waals surface area contributed by atoms with Crippen LogP contribution in [0.15, 0.2) is 18.2 Å². The molecule has 5 nitrogen and oxygen atoms in total. The molecule has 2 rings (SSSR count). The van der Waals surface area contributed by atoms with Crippen molar-refractivity contribution < 1.29 is 5.11 Å². The van der Waals surface area contributed by atoms with Crippen LogP contribution in [0.3, 0.4) is 0 Å². The van der Waals surface area contributed by atoms with E-state index < -0.39 is 0 Å². The lowest BCUT2D eigenvalue weighted by atomic mass is 10.2. The van der Waals surface area contributed by atoms with Gasteiger partial charge in [0.1, 0.15) is 11.6 Å². The molecule has 0 aliphatic carbocycles. The minimum atomic E-state index is 0.174. The van der Waals surface area contributed by atoms with Gasteiger partial charge in [-0.1, -0.05) is 13.8 Å². The van der Waals surface area contributed by atoms with Gasteiger partial charge in [0.15, 0.2) is 0 Å². The maximum atomic E-state index is 9.63. The summed E-state index contributed by atoms with van der Waals surface area (Å²) >= 11 is 0. The van der Waals surface area contributed by atoms with E-state index in [1.165, 1.54) is 0 Å². The molecule has 1 unspecified atom stereocenters. The van der Waals surface area contributed by atoms with Gasteiger partial charge in [0.05, 0.1) is 29.6 Å². The number of aromatic hydroxyl groups is 1. The SMILES string of the molecule is CCN(CC)C(C)c1nc2cc(O)ccc2n1CCC#N. The summed E-state index contributed by atoms with van der Waals surface area (Å²) < 4.78 is 2.10. The molecule has 1 aromatic carbocycles. The Morgan fingerprint density at radius 1 is 1.38 bits per heavy atom. The third kappa shape index (κ3) is 3.01. The van der Waals surface area contributed by atoms with Gasteiger partial charge in [-0.25, -0.2) is 4.98 Å². The molecule has 112 valence electrons. The first-order chi connectivity index (χ1) is 10.1. The van der Waals surface area contributed by atoms with Gasteiger partial charge < -0.3 is 9.67 Å². The summed E-state index contributed by atoms with van der Waals surface area (Å²) in [5.74, 6) is 1.17. The molecule has 1 aromatic heterocycles. The Kier molecular flexibility index (Phi) is 4.81. The van der Waals surface area contributed by atoms with Gasteiger partial charge in [-0.2, -0.15) is 5.26 Å². The van der Waals surface area contributed by atoms with Crippen molar-refractivity contribution >= 4 is 11.0 Å². The van der Waals surface area contributed by atoms with Gasteiger partial charge in [0.25, 0.3) is 0 Å². The summed E-state index contributed by atoms with van der Waals surface area (Å²) in [5.41, 5.74) is 1.75. The zero-order chi connectivity index (χ0) is 15.4. The second kappa shape index (κ2) is 6.59. The minimum Gasteiger partial charge on any atom is -0.508 e. The van der Waals surface area contributed by atoms with E-state index in [1.807, 2.05) is 6.07 Å². The highest BCUT2D eigenvalue weighted by Gasteiger charge is 2.20. The molecule has 0 amide bonds. The van der Waals surface area contributed by atoms with E-state index in [0.29, 0.717) is 13.0 Å². The second-order valence-corrected chi connectivity index (χ2v) is 5.10. The van der Waals surface area contributed by atoms with Crippen molar-refractivity contribution in [1.82, 2.24) is 14.5 Å². The molecule has 1 heterocycles. The number of hydrogen-bond donors (Lipinski definition) is 1. The number of rotatable bonds is 6. The molecule has 21 heavy (non-hydrogen) atoms. The van der Waals surface area contributed by atoms with Gasteiger partial charge in [-0.15, -0.1) is 0 Å². The first-order valence-electron chi connectivity index (χ1n) is 7.42. The lowest BCUT2D eigenvalue weighted by molar-refractivity contribution is 0.222. The van der Waals surface area contributed by atoms with E-state index in [1.54, 1.807) is 12.1 Å². The molecule has 0 aliphatic heterocycles. The average molecular weight is 286 g/mol. The molecule has 1 atom stereocenters. The van der Waals surface area contributed by atoms with Crippen LogP contribution in [-0.2, 0) is 6.54 Å². The predicted octanol–water partition coefficient (Wildman–Crippen LogP) is 3.06. The number of hydrogen-bond acceptors (Lipinski definition) is 4. The van der Waals surface area contributed by atoms with Crippen LogP contribution in [0, 0.1) is 11.3 Å². The zero-order valence-electron chi connectivity index (χ0n) is 12.9. The van der Waals surface area contributed by atoms with E-state index in [9.17, 15) is 5.11 Å². The fourth-order valence-electron chi connectivity index (χ4n) is 2.79. The first kappa shape index (κ1) is 15.3. The van der Waals surface area contributed by atoms with Crippen molar-refractivity contribution in [3.63, 3.8) is 0 Å². The fraction of sp³-hybridized carbons (Fsp3) is 0.500. The number of phenolic OH excluding ortho intramolecular Hbond substituents is 1. The Morgan fingerprint density at radius 3 is 2.71 bits per heavy atom. The first-order valence-corrected chi connectivity index (χ1v) is 7.42. The Labute approximate surface area is 125 Å². The lowest BCUT2D eigenvalue weighted by Gasteiger charge is -2.26. The number of phenols is 1. The van der Waals surface area contributed by atoms with Gasteiger partial charge >= 0.3 is 0 Å². The second-order valence-electron chi connectivity index (χ2n) is 5.10. The van der Waals surface area contributed by atoms with Crippen LogP contribution in [-0.4, -0.2) is 32.6 Å². The fourth-order valence-corrected chi connectivity index (χ4v) is 2.79. The van der Waals surface area contributed by atoms with Crippen LogP contribution in [0.2, 0.25) is 0 Å². The van der Waals surface area contributed by atoms with E-state index in [0.717, 1.165) is 29.9 Å². The van der Waals surface area contributed by atoms with E-state index in [-0.39, 0.29) is 11.8 Å². The molecule has 0 radical (unpaired) electrons. The van der Waals surface area contributed by atoms with Crippen LogP contribution in [0.5, 0.6) is 5.75 Å². The number of benzene rings is 1. The third-order valence-corrected chi connectivity index (χ3v) is 3.94. The molecule has 0 fully saturated rings. The van der Waals surface area contributed by atoms with Crippen molar-refractivity contribution in [1.29, 1.82) is 5.26 Å². The van der Waals surface area contributed by atoms with E-state index in [4.69, 9.17) is 10.2 Å². The maximum Gasteiger partial charge on any atom is 0.127 e. The van der Waals surface area contributed by atoms with Gasteiger partial charge in [0, 0.05) is 12.6 Å². The Hall–Kier alpha value is -2.06. The van der Waals surface area contributed by atoms with Crippen molar-refractivity contribution in [2.75, 3.05) is 13.1 Å². The molecule has 0 aliphatic rings. The number of imidazole rings is 1. The van der Waals surface area contributed by atoms with Crippen molar-refractivity contribution in [2.45, 2.75) is 39.8 Å². The normalized spacial score (nSPS) is 12.7.